The fourth-order valence-corrected chi connectivity index (χ4v) is 2.08. The number of carbonyl (C=O) groups excluding carboxylic acids is 1. The van der Waals surface area contributed by atoms with Crippen LogP contribution < -0.4 is 15.4 Å². The molecule has 1 heterocycles. The molecule has 2 rings (SSSR count). The van der Waals surface area contributed by atoms with Crippen molar-refractivity contribution in [3.8, 4) is 5.75 Å². The Labute approximate surface area is 130 Å². The lowest BCUT2D eigenvalue weighted by atomic mass is 9.94. The van der Waals surface area contributed by atoms with E-state index >= 15 is 0 Å². The predicted molar refractivity (Wildman–Crippen MR) is 85.6 cm³/mol. The SMILES string of the molecule is COc1ccc(C(C)(C)NC(=O)NCc2ccccn2)cc1. The largest absolute Gasteiger partial charge is 0.497 e. The van der Waals surface area contributed by atoms with Crippen molar-refractivity contribution in [2.45, 2.75) is 25.9 Å². The normalized spacial score (nSPS) is 10.9. The molecule has 0 spiro atoms. The van der Waals surface area contributed by atoms with Gasteiger partial charge in [0.1, 0.15) is 5.75 Å². The number of hydrogen-bond acceptors (Lipinski definition) is 3. The summed E-state index contributed by atoms with van der Waals surface area (Å²) in [6.07, 6.45) is 1.70. The maximum Gasteiger partial charge on any atom is 0.315 e. The molecule has 0 unspecified atom stereocenters. The average Bonchev–Trinajstić information content (AvgIpc) is 2.53. The number of carbonyl (C=O) groups is 1. The molecule has 0 fully saturated rings. The fourth-order valence-electron chi connectivity index (χ4n) is 2.08. The molecule has 116 valence electrons. The lowest BCUT2D eigenvalue weighted by Gasteiger charge is -2.27. The Kier molecular flexibility index (Phi) is 4.99. The van der Waals surface area contributed by atoms with Gasteiger partial charge in [0.05, 0.1) is 24.9 Å². The fraction of sp³-hybridized carbons (Fsp3) is 0.294. The summed E-state index contributed by atoms with van der Waals surface area (Å²) in [5.74, 6) is 0.791. The number of hydrogen-bond donors (Lipinski definition) is 2. The number of nitrogens with zero attached hydrogens (tertiary/aromatic N) is 1. The van der Waals surface area contributed by atoms with Gasteiger partial charge in [-0.05, 0) is 43.7 Å². The summed E-state index contributed by atoms with van der Waals surface area (Å²) in [5.41, 5.74) is 1.33. The van der Waals surface area contributed by atoms with Crippen molar-refractivity contribution in [1.82, 2.24) is 15.6 Å². The van der Waals surface area contributed by atoms with Crippen LogP contribution in [0.3, 0.4) is 0 Å². The second kappa shape index (κ2) is 6.93. The molecular formula is C17H21N3O2. The second-order valence-electron chi connectivity index (χ2n) is 5.48. The standard InChI is InChI=1S/C17H21N3O2/c1-17(2,13-7-9-15(22-3)10-8-13)20-16(21)19-12-14-6-4-5-11-18-14/h4-11H,12H2,1-3H3,(H2,19,20,21). The molecule has 0 bridgehead atoms. The van der Waals surface area contributed by atoms with Gasteiger partial charge in [0, 0.05) is 6.20 Å². The minimum atomic E-state index is -0.486. The van der Waals surface area contributed by atoms with Crippen molar-refractivity contribution >= 4 is 6.03 Å². The molecule has 0 radical (unpaired) electrons. The minimum absolute atomic E-state index is 0.230. The molecule has 2 N–H and O–H groups in total. The van der Waals surface area contributed by atoms with Gasteiger partial charge in [0.2, 0.25) is 0 Å². The van der Waals surface area contributed by atoms with E-state index in [1.807, 2.05) is 56.3 Å². The molecule has 2 amide bonds. The second-order valence-corrected chi connectivity index (χ2v) is 5.48. The third kappa shape index (κ3) is 4.22. The summed E-state index contributed by atoms with van der Waals surface area (Å²) in [6, 6.07) is 13.0. The number of urea groups is 1. The molecule has 0 saturated carbocycles. The lowest BCUT2D eigenvalue weighted by Crippen LogP contribution is -2.46. The van der Waals surface area contributed by atoms with E-state index in [9.17, 15) is 4.79 Å². The average molecular weight is 299 g/mol. The Balaban J connectivity index is 1.93. The zero-order valence-electron chi connectivity index (χ0n) is 13.1. The van der Waals surface area contributed by atoms with Crippen LogP contribution >= 0.6 is 0 Å². The smallest absolute Gasteiger partial charge is 0.315 e. The van der Waals surface area contributed by atoms with Crippen LogP contribution in [0.1, 0.15) is 25.1 Å². The summed E-state index contributed by atoms with van der Waals surface area (Å²) < 4.78 is 5.14. The maximum atomic E-state index is 12.1. The molecule has 0 saturated heterocycles. The highest BCUT2D eigenvalue weighted by Crippen LogP contribution is 2.22. The Morgan fingerprint density at radius 3 is 2.50 bits per heavy atom. The third-order valence-electron chi connectivity index (χ3n) is 3.39. The molecular weight excluding hydrogens is 278 g/mol. The highest BCUT2D eigenvalue weighted by Gasteiger charge is 2.22. The number of rotatable bonds is 5. The van der Waals surface area contributed by atoms with Gasteiger partial charge in [-0.15, -0.1) is 0 Å². The first-order valence-corrected chi connectivity index (χ1v) is 7.12. The van der Waals surface area contributed by atoms with Crippen molar-refractivity contribution in [1.29, 1.82) is 0 Å². The molecule has 1 aromatic carbocycles. The van der Waals surface area contributed by atoms with Gasteiger partial charge in [-0.2, -0.15) is 0 Å². The molecule has 5 heteroatoms. The number of methoxy groups -OCH3 is 1. The van der Waals surface area contributed by atoms with Crippen molar-refractivity contribution in [3.05, 3.63) is 59.9 Å². The molecule has 0 aliphatic rings. The van der Waals surface area contributed by atoms with E-state index in [1.54, 1.807) is 13.3 Å². The van der Waals surface area contributed by atoms with Gasteiger partial charge < -0.3 is 15.4 Å². The Morgan fingerprint density at radius 1 is 1.18 bits per heavy atom. The van der Waals surface area contributed by atoms with Crippen LogP contribution in [0, 0.1) is 0 Å². The van der Waals surface area contributed by atoms with Gasteiger partial charge in [-0.3, -0.25) is 4.98 Å². The number of amides is 2. The maximum absolute atomic E-state index is 12.1. The van der Waals surface area contributed by atoms with Gasteiger partial charge in [0.15, 0.2) is 0 Å². The molecule has 0 aliphatic heterocycles. The molecule has 0 atom stereocenters. The number of ether oxygens (including phenoxy) is 1. The third-order valence-corrected chi connectivity index (χ3v) is 3.39. The van der Waals surface area contributed by atoms with Crippen LogP contribution in [-0.2, 0) is 12.1 Å². The van der Waals surface area contributed by atoms with Crippen molar-refractivity contribution in [3.63, 3.8) is 0 Å². The number of aromatic nitrogens is 1. The van der Waals surface area contributed by atoms with Gasteiger partial charge in [-0.1, -0.05) is 18.2 Å². The van der Waals surface area contributed by atoms with Crippen LogP contribution in [0.4, 0.5) is 4.79 Å². The first-order chi connectivity index (χ1) is 10.5. The van der Waals surface area contributed by atoms with Crippen molar-refractivity contribution < 1.29 is 9.53 Å². The highest BCUT2D eigenvalue weighted by atomic mass is 16.5. The zero-order chi connectivity index (χ0) is 16.0. The molecule has 1 aromatic heterocycles. The van der Waals surface area contributed by atoms with E-state index in [0.29, 0.717) is 6.54 Å². The molecule has 0 aliphatic carbocycles. The van der Waals surface area contributed by atoms with Gasteiger partial charge in [-0.25, -0.2) is 4.79 Å². The molecule has 2 aromatic rings. The summed E-state index contributed by atoms with van der Waals surface area (Å²) in [5, 5.41) is 5.77. The zero-order valence-corrected chi connectivity index (χ0v) is 13.1. The number of pyridine rings is 1. The molecule has 5 nitrogen and oxygen atoms in total. The number of benzene rings is 1. The summed E-state index contributed by atoms with van der Waals surface area (Å²) in [7, 11) is 1.63. The summed E-state index contributed by atoms with van der Waals surface area (Å²) in [6.45, 7) is 4.30. The van der Waals surface area contributed by atoms with Crippen molar-refractivity contribution in [2.24, 2.45) is 0 Å². The van der Waals surface area contributed by atoms with Gasteiger partial charge >= 0.3 is 6.03 Å². The van der Waals surface area contributed by atoms with Crippen LogP contribution in [0.5, 0.6) is 5.75 Å². The predicted octanol–water partition coefficient (Wildman–Crippen LogP) is 2.82. The number of nitrogens with one attached hydrogen (secondary N) is 2. The van der Waals surface area contributed by atoms with E-state index in [-0.39, 0.29) is 6.03 Å². The minimum Gasteiger partial charge on any atom is -0.497 e. The first-order valence-electron chi connectivity index (χ1n) is 7.12. The quantitative estimate of drug-likeness (QED) is 0.892. The highest BCUT2D eigenvalue weighted by molar-refractivity contribution is 5.74. The van der Waals surface area contributed by atoms with Crippen LogP contribution in [0.15, 0.2) is 48.7 Å². The first kappa shape index (κ1) is 15.8. The van der Waals surface area contributed by atoms with E-state index in [0.717, 1.165) is 17.0 Å². The van der Waals surface area contributed by atoms with Crippen molar-refractivity contribution in [2.75, 3.05) is 7.11 Å². The Morgan fingerprint density at radius 2 is 1.91 bits per heavy atom. The Hall–Kier alpha value is -2.56. The van der Waals surface area contributed by atoms with E-state index in [2.05, 4.69) is 15.6 Å². The molecule has 22 heavy (non-hydrogen) atoms. The summed E-state index contributed by atoms with van der Waals surface area (Å²) >= 11 is 0. The van der Waals surface area contributed by atoms with Crippen LogP contribution in [0.2, 0.25) is 0 Å². The monoisotopic (exact) mass is 299 g/mol. The van der Waals surface area contributed by atoms with Crippen LogP contribution in [0.25, 0.3) is 0 Å². The Bertz CT molecular complexity index is 610. The topological polar surface area (TPSA) is 63.2 Å². The van der Waals surface area contributed by atoms with Gasteiger partial charge in [0.25, 0.3) is 0 Å². The summed E-state index contributed by atoms with van der Waals surface area (Å²) in [4.78, 5) is 16.2. The van der Waals surface area contributed by atoms with E-state index in [1.165, 1.54) is 0 Å². The lowest BCUT2D eigenvalue weighted by molar-refractivity contribution is 0.229. The van der Waals surface area contributed by atoms with Crippen LogP contribution in [-0.4, -0.2) is 18.1 Å². The van der Waals surface area contributed by atoms with E-state index in [4.69, 9.17) is 4.74 Å². The van der Waals surface area contributed by atoms with E-state index < -0.39 is 5.54 Å².